The van der Waals surface area contributed by atoms with Crippen LogP contribution in [-0.2, 0) is 9.59 Å². The van der Waals surface area contributed by atoms with Crippen LogP contribution in [0.25, 0.3) is 0 Å². The Balaban J connectivity index is 1.37. The minimum Gasteiger partial charge on any atom is -0.354 e. The minimum absolute atomic E-state index is 0.102. The van der Waals surface area contributed by atoms with E-state index in [1.807, 2.05) is 24.3 Å². The Labute approximate surface area is 180 Å². The average Bonchev–Trinajstić information content (AvgIpc) is 3.24. The molecule has 2 heterocycles. The lowest BCUT2D eigenvalue weighted by Crippen LogP contribution is -2.39. The van der Waals surface area contributed by atoms with Crippen LogP contribution in [-0.4, -0.2) is 41.6 Å². The third-order valence-electron chi connectivity index (χ3n) is 5.39. The predicted octanol–water partition coefficient (Wildman–Crippen LogP) is 4.10. The van der Waals surface area contributed by atoms with Gasteiger partial charge in [0.1, 0.15) is 0 Å². The van der Waals surface area contributed by atoms with Crippen molar-refractivity contribution in [1.82, 2.24) is 10.2 Å². The predicted molar refractivity (Wildman–Crippen MR) is 117 cm³/mol. The maximum absolute atomic E-state index is 12.6. The van der Waals surface area contributed by atoms with Gasteiger partial charge in [0, 0.05) is 22.9 Å². The summed E-state index contributed by atoms with van der Waals surface area (Å²) in [6.45, 7) is 2.65. The Morgan fingerprint density at radius 3 is 2.72 bits per heavy atom. The van der Waals surface area contributed by atoms with Crippen molar-refractivity contribution >= 4 is 40.9 Å². The molecule has 7 heteroatoms. The van der Waals surface area contributed by atoms with Gasteiger partial charge in [0.2, 0.25) is 11.8 Å². The second-order valence-corrected chi connectivity index (χ2v) is 9.09. The molecule has 2 atom stereocenters. The number of benzene rings is 2. The first-order valence-corrected chi connectivity index (χ1v) is 11.2. The molecule has 0 aliphatic carbocycles. The van der Waals surface area contributed by atoms with Gasteiger partial charge in [0.25, 0.3) is 0 Å². The summed E-state index contributed by atoms with van der Waals surface area (Å²) in [4.78, 5) is 28.4. The van der Waals surface area contributed by atoms with Crippen LogP contribution in [0.5, 0.6) is 0 Å². The molecular formula is C22H24ClN3O2S. The quantitative estimate of drug-likeness (QED) is 0.725. The summed E-state index contributed by atoms with van der Waals surface area (Å²) < 4.78 is 0. The number of rotatable bonds is 6. The van der Waals surface area contributed by atoms with Crippen molar-refractivity contribution in [2.45, 2.75) is 35.4 Å². The highest BCUT2D eigenvalue weighted by Crippen LogP contribution is 2.38. The molecule has 0 saturated carbocycles. The summed E-state index contributed by atoms with van der Waals surface area (Å²) in [6.07, 6.45) is 2.54. The molecule has 2 N–H and O–H groups in total. The Kier molecular flexibility index (Phi) is 6.43. The molecule has 1 saturated heterocycles. The Morgan fingerprint density at radius 1 is 1.21 bits per heavy atom. The van der Waals surface area contributed by atoms with Crippen LogP contribution in [0.4, 0.5) is 5.69 Å². The lowest BCUT2D eigenvalue weighted by Gasteiger charge is -2.29. The first-order chi connectivity index (χ1) is 14.1. The molecule has 0 radical (unpaired) electrons. The lowest BCUT2D eigenvalue weighted by atomic mass is 10.1. The maximum atomic E-state index is 12.6. The van der Waals surface area contributed by atoms with Crippen LogP contribution in [0, 0.1) is 0 Å². The fraction of sp³-hybridized carbons (Fsp3) is 0.364. The molecule has 0 spiro atoms. The molecule has 4 rings (SSSR count). The van der Waals surface area contributed by atoms with Gasteiger partial charge in [-0.2, -0.15) is 0 Å². The van der Waals surface area contributed by atoms with Gasteiger partial charge in [-0.25, -0.2) is 0 Å². The van der Waals surface area contributed by atoms with Gasteiger partial charge in [0.05, 0.1) is 17.0 Å². The molecule has 2 unspecified atom stereocenters. The summed E-state index contributed by atoms with van der Waals surface area (Å²) in [7, 11) is 0. The number of likely N-dealkylation sites (tertiary alicyclic amines) is 1. The van der Waals surface area contributed by atoms with Crippen LogP contribution in [0.2, 0.25) is 5.02 Å². The Morgan fingerprint density at radius 2 is 1.97 bits per heavy atom. The number of amides is 2. The first-order valence-electron chi connectivity index (χ1n) is 9.93. The Bertz CT molecular complexity index is 887. The fourth-order valence-corrected chi connectivity index (χ4v) is 5.16. The number of nitrogens with zero attached hydrogens (tertiary/aromatic N) is 1. The van der Waals surface area contributed by atoms with Gasteiger partial charge in [-0.3, -0.25) is 14.5 Å². The van der Waals surface area contributed by atoms with Crippen LogP contribution in [0.1, 0.15) is 30.9 Å². The number of anilines is 1. The highest BCUT2D eigenvalue weighted by Gasteiger charge is 2.30. The van der Waals surface area contributed by atoms with Crippen LogP contribution in [0.3, 0.4) is 0 Å². The molecule has 0 aromatic heterocycles. The number of carbonyl (C=O) groups excluding carboxylic acids is 2. The van der Waals surface area contributed by atoms with E-state index in [0.29, 0.717) is 17.3 Å². The summed E-state index contributed by atoms with van der Waals surface area (Å²) in [5.41, 5.74) is 1.92. The van der Waals surface area contributed by atoms with E-state index < -0.39 is 5.25 Å². The van der Waals surface area contributed by atoms with E-state index in [-0.39, 0.29) is 24.3 Å². The van der Waals surface area contributed by atoms with Crippen molar-refractivity contribution in [3.05, 3.63) is 59.1 Å². The van der Waals surface area contributed by atoms with Gasteiger partial charge >= 0.3 is 0 Å². The monoisotopic (exact) mass is 429 g/mol. The normalized spacial score (nSPS) is 20.0. The van der Waals surface area contributed by atoms with Crippen LogP contribution in [0.15, 0.2) is 53.4 Å². The van der Waals surface area contributed by atoms with E-state index >= 15 is 0 Å². The largest absolute Gasteiger partial charge is 0.354 e. The van der Waals surface area contributed by atoms with Crippen LogP contribution < -0.4 is 10.6 Å². The zero-order chi connectivity index (χ0) is 20.2. The van der Waals surface area contributed by atoms with Crippen molar-refractivity contribution in [3.8, 4) is 0 Å². The molecule has 2 aliphatic rings. The van der Waals surface area contributed by atoms with Crippen molar-refractivity contribution in [3.63, 3.8) is 0 Å². The summed E-state index contributed by atoms with van der Waals surface area (Å²) >= 11 is 7.41. The van der Waals surface area contributed by atoms with E-state index in [9.17, 15) is 9.59 Å². The van der Waals surface area contributed by atoms with Gasteiger partial charge in [-0.1, -0.05) is 41.9 Å². The molecule has 5 nitrogen and oxygen atoms in total. The number of thioether (sulfide) groups is 1. The topological polar surface area (TPSA) is 61.4 Å². The van der Waals surface area contributed by atoms with E-state index in [4.69, 9.17) is 11.6 Å². The Hall–Kier alpha value is -2.02. The minimum atomic E-state index is -0.439. The zero-order valence-electron chi connectivity index (χ0n) is 16.1. The molecule has 2 aromatic carbocycles. The maximum Gasteiger partial charge on any atom is 0.238 e. The highest BCUT2D eigenvalue weighted by atomic mass is 35.5. The molecule has 2 aromatic rings. The number of fused-ring (bicyclic) bond motifs is 1. The lowest BCUT2D eigenvalue weighted by molar-refractivity contribution is -0.124. The van der Waals surface area contributed by atoms with Crippen molar-refractivity contribution < 1.29 is 9.59 Å². The number of halogens is 1. The number of hydrogen-bond donors (Lipinski definition) is 2. The first kappa shape index (κ1) is 20.3. The molecular weight excluding hydrogens is 406 g/mol. The number of nitrogens with one attached hydrogen (secondary N) is 2. The van der Waals surface area contributed by atoms with E-state index in [1.54, 1.807) is 12.1 Å². The molecule has 0 bridgehead atoms. The second kappa shape index (κ2) is 9.20. The third-order valence-corrected chi connectivity index (χ3v) is 6.90. The second-order valence-electron chi connectivity index (χ2n) is 7.41. The molecule has 152 valence electrons. The smallest absolute Gasteiger partial charge is 0.238 e. The van der Waals surface area contributed by atoms with Gasteiger partial charge in [-0.05, 0) is 49.7 Å². The molecule has 2 aliphatic heterocycles. The molecule has 29 heavy (non-hydrogen) atoms. The third kappa shape index (κ3) is 4.94. The van der Waals surface area contributed by atoms with Crippen molar-refractivity contribution in [2.75, 3.05) is 25.0 Å². The standard InChI is InChI=1S/C22H24ClN3O2S/c23-16-8-9-19-17(12-16)25-22(28)20(29-19)13-21(27)24-14-18(26-10-4-5-11-26)15-6-2-1-3-7-15/h1-3,6-9,12,18,20H,4-5,10-11,13-14H2,(H,24,27)(H,25,28). The van der Waals surface area contributed by atoms with E-state index in [1.165, 1.54) is 30.2 Å². The zero-order valence-corrected chi connectivity index (χ0v) is 17.6. The average molecular weight is 430 g/mol. The van der Waals surface area contributed by atoms with Gasteiger partial charge in [-0.15, -0.1) is 11.8 Å². The van der Waals surface area contributed by atoms with E-state index in [0.717, 1.165) is 18.0 Å². The van der Waals surface area contributed by atoms with Gasteiger partial charge < -0.3 is 10.6 Å². The van der Waals surface area contributed by atoms with E-state index in [2.05, 4.69) is 27.7 Å². The molecule has 2 amide bonds. The summed E-state index contributed by atoms with van der Waals surface area (Å²) in [6, 6.07) is 15.9. The number of carbonyl (C=O) groups is 2. The fourth-order valence-electron chi connectivity index (χ4n) is 3.89. The number of hydrogen-bond acceptors (Lipinski definition) is 4. The van der Waals surface area contributed by atoms with Crippen molar-refractivity contribution in [2.24, 2.45) is 0 Å². The summed E-state index contributed by atoms with van der Waals surface area (Å²) in [5, 5.41) is 6.06. The summed E-state index contributed by atoms with van der Waals surface area (Å²) in [5.74, 6) is -0.255. The van der Waals surface area contributed by atoms with Gasteiger partial charge in [0.15, 0.2) is 0 Å². The van der Waals surface area contributed by atoms with Crippen LogP contribution >= 0.6 is 23.4 Å². The van der Waals surface area contributed by atoms with Crippen molar-refractivity contribution in [1.29, 1.82) is 0 Å². The SMILES string of the molecule is O=C(CC1Sc2ccc(Cl)cc2NC1=O)NCC(c1ccccc1)N1CCCC1. The molecule has 1 fully saturated rings. The highest BCUT2D eigenvalue weighted by molar-refractivity contribution is 8.01.